The summed E-state index contributed by atoms with van der Waals surface area (Å²) >= 11 is 1.81. The Bertz CT molecular complexity index is 661. The summed E-state index contributed by atoms with van der Waals surface area (Å²) in [5.41, 5.74) is 1.11. The number of likely N-dealkylation sites (tertiary alicyclic amines) is 1. The number of aromatic nitrogens is 1. The van der Waals surface area contributed by atoms with Crippen molar-refractivity contribution < 1.29 is 4.79 Å². The number of nitrogens with zero attached hydrogens (tertiary/aromatic N) is 2. The number of benzene rings is 1. The molecule has 1 N–H and O–H groups in total. The summed E-state index contributed by atoms with van der Waals surface area (Å²) in [5.74, 6) is 0.822. The second kappa shape index (κ2) is 9.17. The number of hydrogen-bond donors (Lipinski definition) is 1. The average molecular weight is 402 g/mol. The van der Waals surface area contributed by atoms with E-state index in [1.54, 1.807) is 0 Å². The van der Waals surface area contributed by atoms with Crippen LogP contribution in [0.4, 0.5) is 0 Å². The van der Waals surface area contributed by atoms with Crippen LogP contribution >= 0.6 is 36.2 Å². The first-order valence-electron chi connectivity index (χ1n) is 8.69. The molecule has 1 atom stereocenters. The molecule has 2 saturated heterocycles. The van der Waals surface area contributed by atoms with E-state index < -0.39 is 0 Å². The van der Waals surface area contributed by atoms with Crippen molar-refractivity contribution in [2.75, 3.05) is 19.6 Å². The molecule has 0 saturated carbocycles. The van der Waals surface area contributed by atoms with Gasteiger partial charge in [0.05, 0.1) is 21.3 Å². The number of rotatable bonds is 2. The van der Waals surface area contributed by atoms with Crippen molar-refractivity contribution in [2.24, 2.45) is 0 Å². The molecule has 0 bridgehead atoms. The van der Waals surface area contributed by atoms with Gasteiger partial charge >= 0.3 is 0 Å². The number of hydrogen-bond acceptors (Lipinski definition) is 4. The third-order valence-corrected chi connectivity index (χ3v) is 6.27. The molecule has 0 aliphatic carbocycles. The van der Waals surface area contributed by atoms with Crippen LogP contribution in [-0.4, -0.2) is 41.5 Å². The van der Waals surface area contributed by atoms with Gasteiger partial charge in [0.2, 0.25) is 5.91 Å². The van der Waals surface area contributed by atoms with E-state index in [0.29, 0.717) is 11.8 Å². The monoisotopic (exact) mass is 401 g/mol. The zero-order chi connectivity index (χ0) is 15.6. The summed E-state index contributed by atoms with van der Waals surface area (Å²) in [6.45, 7) is 2.73. The molecule has 0 radical (unpaired) electrons. The molecule has 7 heteroatoms. The van der Waals surface area contributed by atoms with Crippen LogP contribution in [0.5, 0.6) is 0 Å². The Hall–Kier alpha value is -0.880. The van der Waals surface area contributed by atoms with Gasteiger partial charge in [0.15, 0.2) is 0 Å². The summed E-state index contributed by atoms with van der Waals surface area (Å²) < 4.78 is 1.27. The summed E-state index contributed by atoms with van der Waals surface area (Å²) in [4.78, 5) is 19.4. The second-order valence-corrected chi connectivity index (χ2v) is 7.68. The fourth-order valence-corrected chi connectivity index (χ4v) is 4.83. The van der Waals surface area contributed by atoms with Crippen LogP contribution in [0.3, 0.4) is 0 Å². The number of carbonyl (C=O) groups is 1. The highest BCUT2D eigenvalue weighted by Gasteiger charge is 2.30. The first-order valence-corrected chi connectivity index (χ1v) is 9.50. The SMILES string of the molecule is Cl.Cl.O=C([C@H]1CCCCN1)N1CCC(c2nc3ccccc3s2)CC1. The summed E-state index contributed by atoms with van der Waals surface area (Å²) in [6.07, 6.45) is 5.45. The van der Waals surface area contributed by atoms with E-state index in [1.807, 2.05) is 17.4 Å². The van der Waals surface area contributed by atoms with E-state index in [9.17, 15) is 4.79 Å². The molecule has 1 amide bonds. The lowest BCUT2D eigenvalue weighted by Gasteiger charge is -2.35. The van der Waals surface area contributed by atoms with E-state index in [2.05, 4.69) is 28.4 Å². The molecule has 0 spiro atoms. The Labute approximate surface area is 165 Å². The molecule has 3 heterocycles. The lowest BCUT2D eigenvalue weighted by Crippen LogP contribution is -2.50. The van der Waals surface area contributed by atoms with Gasteiger partial charge in [0, 0.05) is 19.0 Å². The average Bonchev–Trinajstić information content (AvgIpc) is 3.06. The van der Waals surface area contributed by atoms with Gasteiger partial charge < -0.3 is 10.2 Å². The van der Waals surface area contributed by atoms with E-state index >= 15 is 0 Å². The standard InChI is InChI=1S/C18H23N3OS.2ClH/c22-18(15-6-3-4-10-19-15)21-11-8-13(9-12-21)17-20-14-5-1-2-7-16(14)23-17;;/h1-2,5,7,13,15,19H,3-4,6,8-12H2;2*1H/t15-;;/m1../s1. The van der Waals surface area contributed by atoms with Crippen molar-refractivity contribution in [1.29, 1.82) is 0 Å². The molecule has 2 aromatic rings. The quantitative estimate of drug-likeness (QED) is 0.826. The maximum atomic E-state index is 12.6. The third-order valence-electron chi connectivity index (χ3n) is 5.07. The highest BCUT2D eigenvalue weighted by atomic mass is 35.5. The minimum atomic E-state index is 0. The van der Waals surface area contributed by atoms with E-state index in [1.165, 1.54) is 22.5 Å². The molecule has 1 aromatic heterocycles. The fourth-order valence-electron chi connectivity index (χ4n) is 3.69. The molecule has 0 unspecified atom stereocenters. The molecule has 2 aliphatic rings. The Morgan fingerprint density at radius 3 is 2.56 bits per heavy atom. The minimum absolute atomic E-state index is 0. The highest BCUT2D eigenvalue weighted by Crippen LogP contribution is 2.34. The van der Waals surface area contributed by atoms with E-state index in [0.717, 1.165) is 44.4 Å². The minimum Gasteiger partial charge on any atom is -0.341 e. The number of nitrogens with one attached hydrogen (secondary N) is 1. The van der Waals surface area contributed by atoms with Crippen molar-refractivity contribution in [3.05, 3.63) is 29.3 Å². The van der Waals surface area contributed by atoms with Crippen LogP contribution in [0.25, 0.3) is 10.2 Å². The lowest BCUT2D eigenvalue weighted by atomic mass is 9.96. The predicted molar refractivity (Wildman–Crippen MR) is 108 cm³/mol. The van der Waals surface area contributed by atoms with Crippen LogP contribution < -0.4 is 5.32 Å². The Balaban J connectivity index is 0.00000113. The predicted octanol–water partition coefficient (Wildman–Crippen LogP) is 3.99. The molecule has 4 rings (SSSR count). The van der Waals surface area contributed by atoms with Gasteiger partial charge in [0.25, 0.3) is 0 Å². The number of piperidine rings is 2. The second-order valence-electron chi connectivity index (χ2n) is 6.62. The summed E-state index contributed by atoms with van der Waals surface area (Å²) in [5, 5.41) is 4.62. The van der Waals surface area contributed by atoms with Crippen LogP contribution in [0.1, 0.15) is 43.0 Å². The number of thiazole rings is 1. The summed E-state index contributed by atoms with van der Waals surface area (Å²) in [6, 6.07) is 8.40. The molecule has 2 fully saturated rings. The van der Waals surface area contributed by atoms with Crippen molar-refractivity contribution >= 4 is 52.3 Å². The normalized spacial score (nSPS) is 21.4. The van der Waals surface area contributed by atoms with Gasteiger partial charge in [0.1, 0.15) is 0 Å². The Morgan fingerprint density at radius 1 is 1.12 bits per heavy atom. The van der Waals surface area contributed by atoms with Crippen LogP contribution in [0.15, 0.2) is 24.3 Å². The molecular formula is C18H25Cl2N3OS. The lowest BCUT2D eigenvalue weighted by molar-refractivity contribution is -0.135. The number of halogens is 2. The maximum Gasteiger partial charge on any atom is 0.239 e. The van der Waals surface area contributed by atoms with Crippen LogP contribution in [0.2, 0.25) is 0 Å². The first-order chi connectivity index (χ1) is 11.3. The number of carbonyl (C=O) groups excluding carboxylic acids is 1. The van der Waals surface area contributed by atoms with E-state index in [4.69, 9.17) is 4.98 Å². The molecule has 2 aliphatic heterocycles. The number of fused-ring (bicyclic) bond motifs is 1. The smallest absolute Gasteiger partial charge is 0.239 e. The zero-order valence-corrected chi connectivity index (χ0v) is 16.6. The van der Waals surface area contributed by atoms with Crippen molar-refractivity contribution in [2.45, 2.75) is 44.1 Å². The van der Waals surface area contributed by atoms with E-state index in [-0.39, 0.29) is 30.9 Å². The zero-order valence-electron chi connectivity index (χ0n) is 14.1. The van der Waals surface area contributed by atoms with Gasteiger partial charge in [-0.3, -0.25) is 4.79 Å². The van der Waals surface area contributed by atoms with Crippen molar-refractivity contribution in [1.82, 2.24) is 15.2 Å². The molecular weight excluding hydrogens is 377 g/mol. The third kappa shape index (κ3) is 4.45. The van der Waals surface area contributed by atoms with Crippen molar-refractivity contribution in [3.8, 4) is 0 Å². The maximum absolute atomic E-state index is 12.6. The molecule has 1 aromatic carbocycles. The number of para-hydroxylation sites is 1. The fraction of sp³-hybridized carbons (Fsp3) is 0.556. The number of amides is 1. The molecule has 4 nitrogen and oxygen atoms in total. The first kappa shape index (κ1) is 20.4. The Morgan fingerprint density at radius 2 is 1.88 bits per heavy atom. The van der Waals surface area contributed by atoms with Crippen LogP contribution in [-0.2, 0) is 4.79 Å². The molecule has 25 heavy (non-hydrogen) atoms. The van der Waals surface area contributed by atoms with Gasteiger partial charge in [-0.05, 0) is 44.4 Å². The topological polar surface area (TPSA) is 45.2 Å². The Kier molecular flexibility index (Phi) is 7.50. The highest BCUT2D eigenvalue weighted by molar-refractivity contribution is 7.18. The van der Waals surface area contributed by atoms with Gasteiger partial charge in [-0.25, -0.2) is 4.98 Å². The van der Waals surface area contributed by atoms with Crippen LogP contribution in [0, 0.1) is 0 Å². The molecule has 138 valence electrons. The summed E-state index contributed by atoms with van der Waals surface area (Å²) in [7, 11) is 0. The van der Waals surface area contributed by atoms with Gasteiger partial charge in [-0.1, -0.05) is 18.6 Å². The largest absolute Gasteiger partial charge is 0.341 e. The van der Waals surface area contributed by atoms with Gasteiger partial charge in [-0.2, -0.15) is 0 Å². The van der Waals surface area contributed by atoms with Gasteiger partial charge in [-0.15, -0.1) is 36.2 Å². The van der Waals surface area contributed by atoms with Crippen molar-refractivity contribution in [3.63, 3.8) is 0 Å².